The Balaban J connectivity index is 2.06. The van der Waals surface area contributed by atoms with Crippen molar-refractivity contribution in [3.05, 3.63) is 23.8 Å². The van der Waals surface area contributed by atoms with Gasteiger partial charge in [0.25, 0.3) is 5.91 Å². The molecular formula is C15H22N2O3. The summed E-state index contributed by atoms with van der Waals surface area (Å²) >= 11 is 0. The minimum absolute atomic E-state index is 0.0918. The zero-order valence-electron chi connectivity index (χ0n) is 12.0. The van der Waals surface area contributed by atoms with E-state index in [1.165, 1.54) is 0 Å². The largest absolute Gasteiger partial charge is 0.490 e. The third-order valence-electron chi connectivity index (χ3n) is 3.32. The normalized spacial score (nSPS) is 20.9. The molecule has 0 spiro atoms. The first-order valence-corrected chi connectivity index (χ1v) is 7.10. The van der Waals surface area contributed by atoms with Gasteiger partial charge in [0.05, 0.1) is 13.2 Å². The molecule has 2 rings (SSSR count). The van der Waals surface area contributed by atoms with Gasteiger partial charge in [0.1, 0.15) is 0 Å². The fraction of sp³-hybridized carbons (Fsp3) is 0.533. The molecule has 0 aliphatic heterocycles. The van der Waals surface area contributed by atoms with Crippen molar-refractivity contribution in [2.24, 2.45) is 5.73 Å². The Morgan fingerprint density at radius 3 is 2.50 bits per heavy atom. The van der Waals surface area contributed by atoms with E-state index in [1.807, 2.05) is 13.8 Å². The van der Waals surface area contributed by atoms with Gasteiger partial charge in [-0.05, 0) is 44.9 Å². The topological polar surface area (TPSA) is 73.6 Å². The average molecular weight is 278 g/mol. The number of nitrogens with two attached hydrogens (primary N) is 1. The molecule has 110 valence electrons. The molecular weight excluding hydrogens is 256 g/mol. The highest BCUT2D eigenvalue weighted by molar-refractivity contribution is 5.95. The predicted molar refractivity (Wildman–Crippen MR) is 77.2 cm³/mol. The maximum atomic E-state index is 12.1. The van der Waals surface area contributed by atoms with Gasteiger partial charge >= 0.3 is 0 Å². The Hall–Kier alpha value is -1.75. The van der Waals surface area contributed by atoms with Crippen LogP contribution in [0.4, 0.5) is 0 Å². The van der Waals surface area contributed by atoms with E-state index in [2.05, 4.69) is 5.32 Å². The minimum atomic E-state index is -0.0918. The molecule has 1 saturated carbocycles. The van der Waals surface area contributed by atoms with Gasteiger partial charge in [-0.2, -0.15) is 0 Å². The van der Waals surface area contributed by atoms with Crippen LogP contribution < -0.4 is 20.5 Å². The maximum Gasteiger partial charge on any atom is 0.251 e. The molecule has 0 heterocycles. The molecule has 0 atom stereocenters. The van der Waals surface area contributed by atoms with Gasteiger partial charge in [-0.25, -0.2) is 0 Å². The summed E-state index contributed by atoms with van der Waals surface area (Å²) in [5.41, 5.74) is 6.29. The van der Waals surface area contributed by atoms with E-state index in [-0.39, 0.29) is 18.0 Å². The highest BCUT2D eigenvalue weighted by atomic mass is 16.5. The number of carbonyl (C=O) groups is 1. The van der Waals surface area contributed by atoms with Crippen LogP contribution in [-0.2, 0) is 0 Å². The maximum absolute atomic E-state index is 12.1. The Morgan fingerprint density at radius 1 is 1.25 bits per heavy atom. The first kappa shape index (κ1) is 14.7. The van der Waals surface area contributed by atoms with Crippen LogP contribution in [0.5, 0.6) is 11.5 Å². The van der Waals surface area contributed by atoms with E-state index in [0.717, 1.165) is 12.8 Å². The molecule has 1 aromatic carbocycles. The second-order valence-electron chi connectivity index (χ2n) is 4.93. The quantitative estimate of drug-likeness (QED) is 0.830. The fourth-order valence-corrected chi connectivity index (χ4v) is 2.24. The molecule has 0 aromatic heterocycles. The molecule has 5 heteroatoms. The average Bonchev–Trinajstić information content (AvgIpc) is 2.39. The zero-order valence-corrected chi connectivity index (χ0v) is 12.0. The van der Waals surface area contributed by atoms with Gasteiger partial charge in [0, 0.05) is 17.6 Å². The number of nitrogens with one attached hydrogen (secondary N) is 1. The number of rotatable bonds is 6. The molecule has 5 nitrogen and oxygen atoms in total. The summed E-state index contributed by atoms with van der Waals surface area (Å²) in [5, 5.41) is 2.97. The molecule has 1 aliphatic rings. The number of hydrogen-bond acceptors (Lipinski definition) is 4. The Morgan fingerprint density at radius 2 is 1.90 bits per heavy atom. The van der Waals surface area contributed by atoms with Crippen molar-refractivity contribution in [2.75, 3.05) is 13.2 Å². The number of ether oxygens (including phenoxy) is 2. The van der Waals surface area contributed by atoms with E-state index < -0.39 is 0 Å². The molecule has 0 unspecified atom stereocenters. The van der Waals surface area contributed by atoms with Gasteiger partial charge in [0.15, 0.2) is 11.5 Å². The Labute approximate surface area is 119 Å². The lowest BCUT2D eigenvalue weighted by molar-refractivity contribution is 0.0909. The number of hydrogen-bond donors (Lipinski definition) is 2. The zero-order chi connectivity index (χ0) is 14.5. The van der Waals surface area contributed by atoms with E-state index in [0.29, 0.717) is 30.3 Å². The smallest absolute Gasteiger partial charge is 0.251 e. The monoisotopic (exact) mass is 278 g/mol. The number of amides is 1. The van der Waals surface area contributed by atoms with Gasteiger partial charge in [0.2, 0.25) is 0 Å². The first-order chi connectivity index (χ1) is 9.63. The van der Waals surface area contributed by atoms with Gasteiger partial charge in [-0.15, -0.1) is 0 Å². The fourth-order valence-electron chi connectivity index (χ4n) is 2.24. The molecule has 0 radical (unpaired) electrons. The standard InChI is InChI=1S/C15H22N2O3/c1-3-19-13-6-5-10(7-14(13)20-4-2)15(18)17-12-8-11(16)9-12/h5-7,11-12H,3-4,8-9,16H2,1-2H3,(H,17,18). The Kier molecular flexibility index (Phi) is 4.84. The molecule has 1 fully saturated rings. The lowest BCUT2D eigenvalue weighted by Crippen LogP contribution is -2.50. The van der Waals surface area contributed by atoms with Gasteiger partial charge in [-0.1, -0.05) is 0 Å². The van der Waals surface area contributed by atoms with Crippen molar-refractivity contribution in [1.29, 1.82) is 0 Å². The molecule has 0 bridgehead atoms. The van der Waals surface area contributed by atoms with Crippen LogP contribution in [0.3, 0.4) is 0 Å². The molecule has 1 aliphatic carbocycles. The van der Waals surface area contributed by atoms with Crippen molar-refractivity contribution >= 4 is 5.91 Å². The second-order valence-corrected chi connectivity index (χ2v) is 4.93. The van der Waals surface area contributed by atoms with Crippen LogP contribution in [-0.4, -0.2) is 31.2 Å². The van der Waals surface area contributed by atoms with Crippen LogP contribution >= 0.6 is 0 Å². The predicted octanol–water partition coefficient (Wildman–Crippen LogP) is 1.70. The SMILES string of the molecule is CCOc1ccc(C(=O)NC2CC(N)C2)cc1OCC. The van der Waals surface area contributed by atoms with Gasteiger partial charge < -0.3 is 20.5 Å². The highest BCUT2D eigenvalue weighted by Gasteiger charge is 2.27. The highest BCUT2D eigenvalue weighted by Crippen LogP contribution is 2.29. The molecule has 3 N–H and O–H groups in total. The van der Waals surface area contributed by atoms with Crippen LogP contribution in [0.2, 0.25) is 0 Å². The van der Waals surface area contributed by atoms with Crippen LogP contribution in [0.1, 0.15) is 37.0 Å². The minimum Gasteiger partial charge on any atom is -0.490 e. The number of carbonyl (C=O) groups excluding carboxylic acids is 1. The second kappa shape index (κ2) is 6.61. The summed E-state index contributed by atoms with van der Waals surface area (Å²) in [6.45, 7) is 4.91. The summed E-state index contributed by atoms with van der Waals surface area (Å²) in [7, 11) is 0. The summed E-state index contributed by atoms with van der Waals surface area (Å²) in [4.78, 5) is 12.1. The Bertz CT molecular complexity index is 470. The van der Waals surface area contributed by atoms with E-state index in [4.69, 9.17) is 15.2 Å². The van der Waals surface area contributed by atoms with Crippen molar-refractivity contribution < 1.29 is 14.3 Å². The van der Waals surface area contributed by atoms with E-state index in [1.54, 1.807) is 18.2 Å². The van der Waals surface area contributed by atoms with Crippen molar-refractivity contribution in [1.82, 2.24) is 5.32 Å². The molecule has 1 amide bonds. The van der Waals surface area contributed by atoms with Crippen molar-refractivity contribution in [3.8, 4) is 11.5 Å². The summed E-state index contributed by atoms with van der Waals surface area (Å²) < 4.78 is 11.0. The molecule has 1 aromatic rings. The molecule has 0 saturated heterocycles. The van der Waals surface area contributed by atoms with E-state index in [9.17, 15) is 4.79 Å². The lowest BCUT2D eigenvalue weighted by Gasteiger charge is -2.33. The van der Waals surface area contributed by atoms with Crippen molar-refractivity contribution in [2.45, 2.75) is 38.8 Å². The van der Waals surface area contributed by atoms with Crippen LogP contribution in [0.25, 0.3) is 0 Å². The van der Waals surface area contributed by atoms with Crippen molar-refractivity contribution in [3.63, 3.8) is 0 Å². The third kappa shape index (κ3) is 3.42. The first-order valence-electron chi connectivity index (χ1n) is 7.10. The summed E-state index contributed by atoms with van der Waals surface area (Å²) in [6, 6.07) is 5.67. The third-order valence-corrected chi connectivity index (χ3v) is 3.32. The van der Waals surface area contributed by atoms with Crippen LogP contribution in [0, 0.1) is 0 Å². The summed E-state index contributed by atoms with van der Waals surface area (Å²) in [5.74, 6) is 1.18. The molecule has 20 heavy (non-hydrogen) atoms. The van der Waals surface area contributed by atoms with E-state index >= 15 is 0 Å². The summed E-state index contributed by atoms with van der Waals surface area (Å²) in [6.07, 6.45) is 1.70. The van der Waals surface area contributed by atoms with Crippen LogP contribution in [0.15, 0.2) is 18.2 Å². The lowest BCUT2D eigenvalue weighted by atomic mass is 9.87. The van der Waals surface area contributed by atoms with Gasteiger partial charge in [-0.3, -0.25) is 4.79 Å². The number of benzene rings is 1.